The van der Waals surface area contributed by atoms with Gasteiger partial charge >= 0.3 is 0 Å². The lowest BCUT2D eigenvalue weighted by molar-refractivity contribution is 0.0779. The number of nitrogens with zero attached hydrogens (tertiary/aromatic N) is 3. The number of nitrogens with two attached hydrogens (primary N) is 1. The molecule has 3 unspecified atom stereocenters. The van der Waals surface area contributed by atoms with Gasteiger partial charge in [-0.05, 0) is 50.2 Å². The maximum absolute atomic E-state index is 12.7. The Labute approximate surface area is 163 Å². The minimum Gasteiger partial charge on any atom is -0.357 e. The van der Waals surface area contributed by atoms with Gasteiger partial charge < -0.3 is 15.5 Å². The Morgan fingerprint density at radius 3 is 2.60 bits per heavy atom. The zero-order valence-electron chi connectivity index (χ0n) is 15.1. The molecule has 1 amide bonds. The first-order valence-electron chi connectivity index (χ1n) is 8.89. The number of aromatic nitrogens is 1. The largest absolute Gasteiger partial charge is 0.357 e. The van der Waals surface area contributed by atoms with Crippen LogP contribution in [0.25, 0.3) is 0 Å². The zero-order valence-corrected chi connectivity index (χ0v) is 16.7. The maximum Gasteiger partial charge on any atom is 0.255 e. The van der Waals surface area contributed by atoms with Crippen molar-refractivity contribution in [3.8, 4) is 0 Å². The highest BCUT2D eigenvalue weighted by atomic mass is 35.5. The molecular weight excluding hydrogens is 359 g/mol. The van der Waals surface area contributed by atoms with Crippen molar-refractivity contribution in [2.24, 2.45) is 17.6 Å². The minimum atomic E-state index is 0. The van der Waals surface area contributed by atoms with Crippen molar-refractivity contribution < 1.29 is 4.79 Å². The summed E-state index contributed by atoms with van der Waals surface area (Å²) in [4.78, 5) is 21.4. The maximum atomic E-state index is 12.7. The molecule has 1 saturated heterocycles. The fourth-order valence-electron chi connectivity index (χ4n) is 4.06. The second-order valence-corrected chi connectivity index (χ2v) is 6.86. The third-order valence-electron chi connectivity index (χ3n) is 5.39. The lowest BCUT2D eigenvalue weighted by Crippen LogP contribution is -2.33. The number of anilines is 1. The number of amides is 1. The van der Waals surface area contributed by atoms with Gasteiger partial charge in [-0.25, -0.2) is 4.98 Å². The van der Waals surface area contributed by atoms with Crippen LogP contribution in [0.2, 0.25) is 0 Å². The van der Waals surface area contributed by atoms with E-state index in [1.54, 1.807) is 6.20 Å². The number of halogens is 2. The Morgan fingerprint density at radius 2 is 2.04 bits per heavy atom. The van der Waals surface area contributed by atoms with E-state index in [1.807, 2.05) is 17.0 Å². The van der Waals surface area contributed by atoms with Crippen molar-refractivity contribution in [2.75, 3.05) is 31.1 Å². The number of carbonyl (C=O) groups excluding carboxylic acids is 1. The predicted octanol–water partition coefficient (Wildman–Crippen LogP) is 2.97. The quantitative estimate of drug-likeness (QED) is 0.841. The average Bonchev–Trinajstić information content (AvgIpc) is 3.14. The van der Waals surface area contributed by atoms with Crippen LogP contribution in [0, 0.1) is 11.8 Å². The lowest BCUT2D eigenvalue weighted by atomic mass is 9.98. The van der Waals surface area contributed by atoms with Crippen LogP contribution in [0.1, 0.15) is 43.5 Å². The SMILES string of the molecule is CCCN(CC)c1ccc(C(=O)N2CC3CCC(N)C3C2)cn1.Cl.Cl. The number of pyridine rings is 1. The van der Waals surface area contributed by atoms with Crippen molar-refractivity contribution in [3.05, 3.63) is 23.9 Å². The third kappa shape index (κ3) is 4.57. The Morgan fingerprint density at radius 1 is 1.28 bits per heavy atom. The highest BCUT2D eigenvalue weighted by Gasteiger charge is 2.42. The summed E-state index contributed by atoms with van der Waals surface area (Å²) in [6.45, 7) is 7.88. The molecule has 0 bridgehead atoms. The van der Waals surface area contributed by atoms with E-state index in [0.717, 1.165) is 51.3 Å². The molecule has 1 aliphatic carbocycles. The molecule has 2 fully saturated rings. The van der Waals surface area contributed by atoms with Crippen LogP contribution in [0.15, 0.2) is 18.3 Å². The van der Waals surface area contributed by atoms with Gasteiger partial charge in [0.25, 0.3) is 5.91 Å². The number of fused-ring (bicyclic) bond motifs is 1. The summed E-state index contributed by atoms with van der Waals surface area (Å²) in [5, 5.41) is 0. The van der Waals surface area contributed by atoms with Gasteiger partial charge in [0.15, 0.2) is 0 Å². The molecule has 7 heteroatoms. The summed E-state index contributed by atoms with van der Waals surface area (Å²) in [5.41, 5.74) is 6.85. The van der Waals surface area contributed by atoms with Crippen molar-refractivity contribution in [3.63, 3.8) is 0 Å². The smallest absolute Gasteiger partial charge is 0.255 e. The molecule has 0 spiro atoms. The molecule has 2 aliphatic rings. The Bertz CT molecular complexity index is 555. The van der Waals surface area contributed by atoms with Crippen LogP contribution < -0.4 is 10.6 Å². The molecule has 3 atom stereocenters. The van der Waals surface area contributed by atoms with Crippen LogP contribution in [0.5, 0.6) is 0 Å². The first kappa shape index (κ1) is 22.0. The molecule has 25 heavy (non-hydrogen) atoms. The van der Waals surface area contributed by atoms with Crippen LogP contribution in [-0.2, 0) is 0 Å². The van der Waals surface area contributed by atoms with Gasteiger partial charge in [-0.2, -0.15) is 0 Å². The third-order valence-corrected chi connectivity index (χ3v) is 5.39. The first-order valence-corrected chi connectivity index (χ1v) is 8.89. The number of hydrogen-bond donors (Lipinski definition) is 1. The van der Waals surface area contributed by atoms with E-state index in [4.69, 9.17) is 5.73 Å². The van der Waals surface area contributed by atoms with Gasteiger partial charge in [-0.1, -0.05) is 6.92 Å². The monoisotopic (exact) mass is 388 g/mol. The topological polar surface area (TPSA) is 62.5 Å². The number of carbonyl (C=O) groups is 1. The van der Waals surface area contributed by atoms with E-state index < -0.39 is 0 Å². The van der Waals surface area contributed by atoms with E-state index in [-0.39, 0.29) is 36.8 Å². The van der Waals surface area contributed by atoms with Crippen LogP contribution in [-0.4, -0.2) is 48.0 Å². The normalized spacial score (nSPS) is 24.3. The van der Waals surface area contributed by atoms with Gasteiger partial charge in [0.05, 0.1) is 5.56 Å². The molecule has 1 aromatic heterocycles. The highest BCUT2D eigenvalue weighted by molar-refractivity contribution is 5.94. The number of likely N-dealkylation sites (tertiary alicyclic amines) is 1. The lowest BCUT2D eigenvalue weighted by Gasteiger charge is -2.22. The van der Waals surface area contributed by atoms with Crippen molar-refractivity contribution in [1.29, 1.82) is 0 Å². The fraction of sp³-hybridized carbons (Fsp3) is 0.667. The first-order chi connectivity index (χ1) is 11.1. The molecule has 3 rings (SSSR count). The molecule has 1 saturated carbocycles. The van der Waals surface area contributed by atoms with Gasteiger partial charge in [0.2, 0.25) is 0 Å². The van der Waals surface area contributed by atoms with E-state index in [2.05, 4.69) is 23.7 Å². The van der Waals surface area contributed by atoms with Crippen LogP contribution >= 0.6 is 24.8 Å². The molecule has 1 aliphatic heterocycles. The second-order valence-electron chi connectivity index (χ2n) is 6.86. The van der Waals surface area contributed by atoms with Gasteiger partial charge in [0, 0.05) is 38.4 Å². The number of hydrogen-bond acceptors (Lipinski definition) is 4. The highest BCUT2D eigenvalue weighted by Crippen LogP contribution is 2.37. The summed E-state index contributed by atoms with van der Waals surface area (Å²) >= 11 is 0. The van der Waals surface area contributed by atoms with Crippen LogP contribution in [0.3, 0.4) is 0 Å². The van der Waals surface area contributed by atoms with Gasteiger partial charge in [0.1, 0.15) is 5.82 Å². The van der Waals surface area contributed by atoms with Crippen molar-refractivity contribution in [2.45, 2.75) is 39.2 Å². The summed E-state index contributed by atoms with van der Waals surface area (Å²) in [7, 11) is 0. The fourth-order valence-corrected chi connectivity index (χ4v) is 4.06. The van der Waals surface area contributed by atoms with Crippen molar-refractivity contribution in [1.82, 2.24) is 9.88 Å². The molecular formula is C18H30Cl2N4O. The molecule has 5 nitrogen and oxygen atoms in total. The molecule has 0 aromatic carbocycles. The zero-order chi connectivity index (χ0) is 16.4. The average molecular weight is 389 g/mol. The second kappa shape index (κ2) is 9.60. The van der Waals surface area contributed by atoms with Gasteiger partial charge in [-0.3, -0.25) is 4.79 Å². The predicted molar refractivity (Wildman–Crippen MR) is 107 cm³/mol. The summed E-state index contributed by atoms with van der Waals surface area (Å²) in [6.07, 6.45) is 5.09. The Balaban J connectivity index is 0.00000156. The standard InChI is InChI=1S/C18H28N4O.2ClH/c1-3-9-21(4-2)17-8-6-13(10-20-17)18(23)22-11-14-5-7-16(19)15(14)12-22;;/h6,8,10,14-16H,3-5,7,9,11-12,19H2,1-2H3;2*1H. The van der Waals surface area contributed by atoms with E-state index in [1.165, 1.54) is 0 Å². The van der Waals surface area contributed by atoms with E-state index in [9.17, 15) is 4.79 Å². The molecule has 142 valence electrons. The molecule has 2 N–H and O–H groups in total. The molecule has 2 heterocycles. The summed E-state index contributed by atoms with van der Waals surface area (Å²) in [5.74, 6) is 2.14. The van der Waals surface area contributed by atoms with E-state index >= 15 is 0 Å². The molecule has 1 aromatic rings. The van der Waals surface area contributed by atoms with E-state index in [0.29, 0.717) is 17.4 Å². The minimum absolute atomic E-state index is 0. The Kier molecular flexibility index (Phi) is 8.45. The molecule has 0 radical (unpaired) electrons. The number of rotatable bonds is 5. The summed E-state index contributed by atoms with van der Waals surface area (Å²) in [6, 6.07) is 4.15. The van der Waals surface area contributed by atoms with Crippen molar-refractivity contribution >= 4 is 36.5 Å². The summed E-state index contributed by atoms with van der Waals surface area (Å²) < 4.78 is 0. The van der Waals surface area contributed by atoms with Crippen LogP contribution in [0.4, 0.5) is 5.82 Å². The Hall–Kier alpha value is -1.04. The van der Waals surface area contributed by atoms with Gasteiger partial charge in [-0.15, -0.1) is 24.8 Å².